The second kappa shape index (κ2) is 9.54. The van der Waals surface area contributed by atoms with Crippen LogP contribution >= 0.6 is 0 Å². The third kappa shape index (κ3) is 4.84. The van der Waals surface area contributed by atoms with Crippen molar-refractivity contribution in [2.75, 3.05) is 12.3 Å². The van der Waals surface area contributed by atoms with Gasteiger partial charge in [-0.15, -0.1) is 0 Å². The van der Waals surface area contributed by atoms with Crippen molar-refractivity contribution in [1.29, 1.82) is 0 Å². The van der Waals surface area contributed by atoms with Crippen molar-refractivity contribution in [1.82, 2.24) is 9.62 Å². The van der Waals surface area contributed by atoms with Crippen molar-refractivity contribution in [2.45, 2.75) is 30.3 Å². The normalized spacial score (nSPS) is 19.4. The highest BCUT2D eigenvalue weighted by atomic mass is 32.2. The molecule has 2 atom stereocenters. The molecule has 7 heteroatoms. The molecule has 2 unspecified atom stereocenters. The zero-order valence-corrected chi connectivity index (χ0v) is 18.5. The van der Waals surface area contributed by atoms with E-state index in [0.29, 0.717) is 25.1 Å². The number of hydrogen-bond donors (Lipinski definition) is 2. The Morgan fingerprint density at radius 3 is 2.19 bits per heavy atom. The number of carbonyl (C=O) groups excluding carboxylic acids is 1. The predicted molar refractivity (Wildman–Crippen MR) is 125 cm³/mol. The summed E-state index contributed by atoms with van der Waals surface area (Å²) in [4.78, 5) is 13.2. The second-order valence-electron chi connectivity index (χ2n) is 8.05. The molecule has 3 aromatic carbocycles. The van der Waals surface area contributed by atoms with Gasteiger partial charge in [-0.3, -0.25) is 4.79 Å². The summed E-state index contributed by atoms with van der Waals surface area (Å²) in [6.07, 6.45) is 1.20. The van der Waals surface area contributed by atoms with Crippen molar-refractivity contribution in [3.63, 3.8) is 0 Å². The number of nitrogens with two attached hydrogens (primary N) is 1. The van der Waals surface area contributed by atoms with Gasteiger partial charge in [-0.05, 0) is 48.2 Å². The van der Waals surface area contributed by atoms with Gasteiger partial charge in [-0.2, -0.15) is 4.31 Å². The van der Waals surface area contributed by atoms with E-state index in [9.17, 15) is 13.2 Å². The van der Waals surface area contributed by atoms with Crippen LogP contribution in [0.15, 0.2) is 89.8 Å². The van der Waals surface area contributed by atoms with Gasteiger partial charge in [0.15, 0.2) is 0 Å². The lowest BCUT2D eigenvalue weighted by Gasteiger charge is -2.38. The Kier molecular flexibility index (Phi) is 6.58. The summed E-state index contributed by atoms with van der Waals surface area (Å²) in [6.45, 7) is 0.521. The van der Waals surface area contributed by atoms with Crippen LogP contribution in [-0.4, -0.2) is 25.2 Å². The minimum absolute atomic E-state index is 0.137. The molecule has 32 heavy (non-hydrogen) atoms. The molecule has 0 spiro atoms. The number of hydrogen-bond acceptors (Lipinski definition) is 4. The molecular weight excluding hydrogens is 422 g/mol. The van der Waals surface area contributed by atoms with Crippen LogP contribution in [-0.2, 0) is 21.4 Å². The Bertz CT molecular complexity index is 1150. The lowest BCUT2D eigenvalue weighted by molar-refractivity contribution is -0.126. The fourth-order valence-corrected chi connectivity index (χ4v) is 5.83. The average molecular weight is 450 g/mol. The number of benzene rings is 3. The van der Waals surface area contributed by atoms with Crippen LogP contribution in [0, 0.1) is 5.92 Å². The topological polar surface area (TPSA) is 92.5 Å². The average Bonchev–Trinajstić information content (AvgIpc) is 2.84. The Morgan fingerprint density at radius 2 is 1.53 bits per heavy atom. The number of anilines is 1. The molecule has 1 amide bonds. The molecule has 3 N–H and O–H groups in total. The first-order valence-corrected chi connectivity index (χ1v) is 12.1. The quantitative estimate of drug-likeness (QED) is 0.561. The van der Waals surface area contributed by atoms with E-state index in [-0.39, 0.29) is 23.4 Å². The maximum atomic E-state index is 13.5. The van der Waals surface area contributed by atoms with E-state index < -0.39 is 15.9 Å². The fourth-order valence-electron chi connectivity index (χ4n) is 4.12. The molecule has 6 nitrogen and oxygen atoms in total. The van der Waals surface area contributed by atoms with Crippen LogP contribution in [0.5, 0.6) is 0 Å². The molecule has 166 valence electrons. The third-order valence-corrected chi connectivity index (χ3v) is 7.78. The van der Waals surface area contributed by atoms with Gasteiger partial charge in [0.25, 0.3) is 0 Å². The van der Waals surface area contributed by atoms with Crippen molar-refractivity contribution < 1.29 is 13.2 Å². The molecule has 1 heterocycles. The summed E-state index contributed by atoms with van der Waals surface area (Å²) >= 11 is 0. The highest BCUT2D eigenvalue weighted by molar-refractivity contribution is 7.89. The standard InChI is InChI=1S/C25H27N3O3S/c26-22-14-11-19(12-15-22)17-27-25(29)21-13-16-24(20-7-3-1-4-8-20)28(18-21)32(30,31)23-9-5-2-6-10-23/h1-12,14-15,21,24H,13,16-18,26H2,(H,27,29). The zero-order valence-electron chi connectivity index (χ0n) is 17.7. The number of nitrogen functional groups attached to an aromatic ring is 1. The van der Waals surface area contributed by atoms with E-state index >= 15 is 0 Å². The highest BCUT2D eigenvalue weighted by Gasteiger charge is 2.39. The van der Waals surface area contributed by atoms with E-state index in [0.717, 1.165) is 11.1 Å². The predicted octanol–water partition coefficient (Wildman–Crippen LogP) is 3.73. The number of nitrogens with one attached hydrogen (secondary N) is 1. The first kappa shape index (κ1) is 22.0. The summed E-state index contributed by atoms with van der Waals surface area (Å²) in [5.41, 5.74) is 8.26. The van der Waals surface area contributed by atoms with Gasteiger partial charge in [0.05, 0.1) is 16.9 Å². The van der Waals surface area contributed by atoms with Crippen molar-refractivity contribution in [3.8, 4) is 0 Å². The molecule has 0 bridgehead atoms. The second-order valence-corrected chi connectivity index (χ2v) is 9.94. The SMILES string of the molecule is Nc1ccc(CNC(=O)C2CCC(c3ccccc3)N(S(=O)(=O)c3ccccc3)C2)cc1. The molecule has 0 saturated carbocycles. The largest absolute Gasteiger partial charge is 0.399 e. The lowest BCUT2D eigenvalue weighted by atomic mass is 9.90. The molecule has 0 aliphatic carbocycles. The van der Waals surface area contributed by atoms with Crippen LogP contribution in [0.3, 0.4) is 0 Å². The molecule has 4 rings (SSSR count). The summed E-state index contributed by atoms with van der Waals surface area (Å²) in [7, 11) is -3.76. The zero-order chi connectivity index (χ0) is 22.6. The Hall–Kier alpha value is -3.16. The Morgan fingerprint density at radius 1 is 0.906 bits per heavy atom. The number of sulfonamides is 1. The molecular formula is C25H27N3O3S. The van der Waals surface area contributed by atoms with Crippen molar-refractivity contribution in [3.05, 3.63) is 96.1 Å². The smallest absolute Gasteiger partial charge is 0.243 e. The van der Waals surface area contributed by atoms with Gasteiger partial charge < -0.3 is 11.1 Å². The van der Waals surface area contributed by atoms with Gasteiger partial charge in [0.1, 0.15) is 0 Å². The van der Waals surface area contributed by atoms with Crippen LogP contribution in [0.4, 0.5) is 5.69 Å². The maximum absolute atomic E-state index is 13.5. The van der Waals surface area contributed by atoms with Crippen molar-refractivity contribution in [2.24, 2.45) is 5.92 Å². The number of piperidine rings is 1. The third-order valence-electron chi connectivity index (χ3n) is 5.89. The number of rotatable bonds is 6. The molecule has 0 radical (unpaired) electrons. The van der Waals surface area contributed by atoms with Gasteiger partial charge in [-0.1, -0.05) is 60.7 Å². The minimum Gasteiger partial charge on any atom is -0.399 e. The fraction of sp³-hybridized carbons (Fsp3) is 0.240. The highest BCUT2D eigenvalue weighted by Crippen LogP contribution is 2.37. The van der Waals surface area contributed by atoms with Crippen LogP contribution in [0.25, 0.3) is 0 Å². The Labute approximate surface area is 189 Å². The van der Waals surface area contributed by atoms with Crippen LogP contribution in [0.2, 0.25) is 0 Å². The summed E-state index contributed by atoms with van der Waals surface area (Å²) in [5.74, 6) is -0.552. The molecule has 1 aliphatic rings. The van der Waals surface area contributed by atoms with E-state index in [2.05, 4.69) is 5.32 Å². The van der Waals surface area contributed by atoms with E-state index in [1.807, 2.05) is 42.5 Å². The first-order chi connectivity index (χ1) is 15.4. The van der Waals surface area contributed by atoms with Gasteiger partial charge >= 0.3 is 0 Å². The molecule has 1 saturated heterocycles. The first-order valence-electron chi connectivity index (χ1n) is 10.7. The Balaban J connectivity index is 1.55. The van der Waals surface area contributed by atoms with Gasteiger partial charge in [0, 0.05) is 18.8 Å². The monoisotopic (exact) mass is 449 g/mol. The van der Waals surface area contributed by atoms with E-state index in [1.54, 1.807) is 42.5 Å². The minimum atomic E-state index is -3.76. The molecule has 1 fully saturated rings. The van der Waals surface area contributed by atoms with Crippen LogP contribution in [0.1, 0.15) is 30.0 Å². The number of nitrogens with zero attached hydrogens (tertiary/aromatic N) is 1. The molecule has 3 aromatic rings. The maximum Gasteiger partial charge on any atom is 0.243 e. The van der Waals surface area contributed by atoms with E-state index in [4.69, 9.17) is 5.73 Å². The molecule has 1 aliphatic heterocycles. The van der Waals surface area contributed by atoms with E-state index in [1.165, 1.54) is 4.31 Å². The van der Waals surface area contributed by atoms with Gasteiger partial charge in [0.2, 0.25) is 15.9 Å². The number of carbonyl (C=O) groups is 1. The summed E-state index contributed by atoms with van der Waals surface area (Å²) in [5, 5.41) is 2.95. The van der Waals surface area contributed by atoms with Crippen molar-refractivity contribution >= 4 is 21.6 Å². The van der Waals surface area contributed by atoms with Gasteiger partial charge in [-0.25, -0.2) is 8.42 Å². The number of amides is 1. The summed E-state index contributed by atoms with van der Waals surface area (Å²) < 4.78 is 28.6. The summed E-state index contributed by atoms with van der Waals surface area (Å²) in [6, 6.07) is 25.1. The molecule has 0 aromatic heterocycles. The van der Waals surface area contributed by atoms with Crippen LogP contribution < -0.4 is 11.1 Å². The lowest BCUT2D eigenvalue weighted by Crippen LogP contribution is -2.46.